The number of hydrogen-bond donors (Lipinski definition) is 2. The van der Waals surface area contributed by atoms with E-state index in [1.54, 1.807) is 18.3 Å². The number of nitrogens with zero attached hydrogens (tertiary/aromatic N) is 1. The van der Waals surface area contributed by atoms with Gasteiger partial charge >= 0.3 is 0 Å². The van der Waals surface area contributed by atoms with E-state index in [-0.39, 0.29) is 10.9 Å². The molecule has 2 rings (SSSR count). The largest absolute Gasteiger partial charge is 0.273 e. The summed E-state index contributed by atoms with van der Waals surface area (Å²) in [5.41, 5.74) is 5.53. The number of hydrogen-bond acceptors (Lipinski definition) is 3. The Morgan fingerprint density at radius 1 is 1.24 bits per heavy atom. The van der Waals surface area contributed by atoms with Gasteiger partial charge in [-0.2, -0.15) is 0 Å². The topological polar surface area (TPSA) is 71.1 Å². The maximum absolute atomic E-state index is 13.1. The molecule has 2 aromatic rings. The second kappa shape index (κ2) is 6.94. The van der Waals surface area contributed by atoms with Crippen LogP contribution in [0.15, 0.2) is 47.2 Å². The molecule has 1 aromatic carbocycles. The van der Waals surface area contributed by atoms with E-state index in [4.69, 9.17) is 0 Å². The van der Waals surface area contributed by atoms with E-state index in [9.17, 15) is 14.0 Å². The molecule has 21 heavy (non-hydrogen) atoms. The predicted octanol–water partition coefficient (Wildman–Crippen LogP) is 1.99. The molecule has 0 saturated carbocycles. The third-order valence-electron chi connectivity index (χ3n) is 2.59. The molecular formula is C14H11BrFN3O2. The van der Waals surface area contributed by atoms with E-state index in [0.29, 0.717) is 11.1 Å². The lowest BCUT2D eigenvalue weighted by Crippen LogP contribution is -2.42. The van der Waals surface area contributed by atoms with Gasteiger partial charge in [0.2, 0.25) is 5.91 Å². The Labute approximate surface area is 128 Å². The van der Waals surface area contributed by atoms with E-state index in [1.807, 2.05) is 0 Å². The fourth-order valence-corrected chi connectivity index (χ4v) is 2.00. The number of carbonyl (C=O) groups is 2. The van der Waals surface area contributed by atoms with E-state index < -0.39 is 17.6 Å². The first-order chi connectivity index (χ1) is 10.1. The Bertz CT molecular complexity index is 665. The maximum Gasteiger partial charge on any atom is 0.271 e. The van der Waals surface area contributed by atoms with Crippen LogP contribution in [0, 0.1) is 5.82 Å². The Morgan fingerprint density at radius 3 is 2.71 bits per heavy atom. The summed E-state index contributed by atoms with van der Waals surface area (Å²) >= 11 is 3.05. The summed E-state index contributed by atoms with van der Waals surface area (Å²) in [5, 5.41) is 0. The van der Waals surface area contributed by atoms with E-state index in [0.717, 1.165) is 0 Å². The van der Waals surface area contributed by atoms with Crippen molar-refractivity contribution in [3.8, 4) is 0 Å². The Balaban J connectivity index is 1.87. The van der Waals surface area contributed by atoms with Gasteiger partial charge in [0, 0.05) is 12.4 Å². The molecule has 1 aromatic heterocycles. The van der Waals surface area contributed by atoms with Crippen molar-refractivity contribution in [3.63, 3.8) is 0 Å². The molecule has 0 aliphatic heterocycles. The summed E-state index contributed by atoms with van der Waals surface area (Å²) in [6.45, 7) is 0. The molecule has 2 amide bonds. The molecule has 0 aliphatic rings. The van der Waals surface area contributed by atoms with Gasteiger partial charge in [-0.25, -0.2) is 4.39 Å². The molecule has 108 valence electrons. The fourth-order valence-electron chi connectivity index (χ4n) is 1.57. The number of halogens is 2. The molecular weight excluding hydrogens is 341 g/mol. The number of carbonyl (C=O) groups excluding carboxylic acids is 2. The van der Waals surface area contributed by atoms with E-state index in [1.165, 1.54) is 24.4 Å². The van der Waals surface area contributed by atoms with Crippen molar-refractivity contribution < 1.29 is 14.0 Å². The molecule has 0 unspecified atom stereocenters. The maximum atomic E-state index is 13.1. The van der Waals surface area contributed by atoms with Crippen molar-refractivity contribution in [3.05, 3.63) is 64.1 Å². The van der Waals surface area contributed by atoms with Gasteiger partial charge in [0.15, 0.2) is 0 Å². The molecule has 0 saturated heterocycles. The molecule has 0 spiro atoms. The Hall–Kier alpha value is -2.28. The molecule has 0 atom stereocenters. The standard InChI is InChI=1S/C14H11BrFN3O2/c15-11-6-9(3-4-12(11)16)7-13(20)18-19-14(21)10-2-1-5-17-8-10/h1-6,8H,7H2,(H,18,20)(H,19,21). The first kappa shape index (κ1) is 15.1. The Kier molecular flexibility index (Phi) is 4.99. The van der Waals surface area contributed by atoms with Gasteiger partial charge < -0.3 is 0 Å². The summed E-state index contributed by atoms with van der Waals surface area (Å²) in [4.78, 5) is 27.2. The van der Waals surface area contributed by atoms with Gasteiger partial charge in [0.05, 0.1) is 16.5 Å². The molecule has 7 heteroatoms. The normalized spacial score (nSPS) is 10.0. The van der Waals surface area contributed by atoms with Crippen LogP contribution >= 0.6 is 15.9 Å². The summed E-state index contributed by atoms with van der Waals surface area (Å²) < 4.78 is 13.4. The minimum absolute atomic E-state index is 0.0200. The zero-order chi connectivity index (χ0) is 15.2. The van der Waals surface area contributed by atoms with Gasteiger partial charge in [0.25, 0.3) is 5.91 Å². The van der Waals surface area contributed by atoms with Crippen molar-refractivity contribution in [2.24, 2.45) is 0 Å². The second-order valence-corrected chi connectivity index (χ2v) is 5.02. The van der Waals surface area contributed by atoms with Crippen LogP contribution in [0.3, 0.4) is 0 Å². The van der Waals surface area contributed by atoms with Crippen molar-refractivity contribution in [1.82, 2.24) is 15.8 Å². The zero-order valence-electron chi connectivity index (χ0n) is 10.8. The third kappa shape index (κ3) is 4.35. The average molecular weight is 352 g/mol. The zero-order valence-corrected chi connectivity index (χ0v) is 12.4. The van der Waals surface area contributed by atoms with Crippen molar-refractivity contribution in [2.75, 3.05) is 0 Å². The molecule has 0 aliphatic carbocycles. The summed E-state index contributed by atoms with van der Waals surface area (Å²) in [6.07, 6.45) is 2.95. The van der Waals surface area contributed by atoms with Gasteiger partial charge in [-0.05, 0) is 45.8 Å². The number of hydrazine groups is 1. The number of pyridine rings is 1. The monoisotopic (exact) mass is 351 g/mol. The van der Waals surface area contributed by atoms with Crippen molar-refractivity contribution in [1.29, 1.82) is 0 Å². The Morgan fingerprint density at radius 2 is 2.05 bits per heavy atom. The van der Waals surface area contributed by atoms with Crippen LogP contribution in [0.2, 0.25) is 0 Å². The number of rotatable bonds is 3. The first-order valence-corrected chi connectivity index (χ1v) is 6.78. The van der Waals surface area contributed by atoms with Crippen LogP contribution in [0.1, 0.15) is 15.9 Å². The van der Waals surface area contributed by atoms with Gasteiger partial charge in [-0.1, -0.05) is 6.07 Å². The number of nitrogens with one attached hydrogen (secondary N) is 2. The van der Waals surface area contributed by atoms with Crippen LogP contribution in [0.4, 0.5) is 4.39 Å². The highest BCUT2D eigenvalue weighted by molar-refractivity contribution is 9.10. The van der Waals surface area contributed by atoms with Crippen LogP contribution in [0.5, 0.6) is 0 Å². The van der Waals surface area contributed by atoms with Gasteiger partial charge in [-0.15, -0.1) is 0 Å². The highest BCUT2D eigenvalue weighted by Crippen LogP contribution is 2.16. The van der Waals surface area contributed by atoms with Crippen LogP contribution in [0.25, 0.3) is 0 Å². The summed E-state index contributed by atoms with van der Waals surface area (Å²) in [7, 11) is 0. The molecule has 2 N–H and O–H groups in total. The van der Waals surface area contributed by atoms with E-state index >= 15 is 0 Å². The molecule has 0 bridgehead atoms. The van der Waals surface area contributed by atoms with Crippen molar-refractivity contribution >= 4 is 27.7 Å². The van der Waals surface area contributed by atoms with Crippen molar-refractivity contribution in [2.45, 2.75) is 6.42 Å². The predicted molar refractivity (Wildman–Crippen MR) is 77.6 cm³/mol. The van der Waals surface area contributed by atoms with Gasteiger partial charge in [0.1, 0.15) is 5.82 Å². The number of aromatic nitrogens is 1. The quantitative estimate of drug-likeness (QED) is 0.830. The number of amides is 2. The molecule has 1 heterocycles. The average Bonchev–Trinajstić information content (AvgIpc) is 2.49. The van der Waals surface area contributed by atoms with Crippen LogP contribution in [-0.2, 0) is 11.2 Å². The lowest BCUT2D eigenvalue weighted by atomic mass is 10.1. The molecule has 0 radical (unpaired) electrons. The van der Waals surface area contributed by atoms with Crippen LogP contribution < -0.4 is 10.9 Å². The second-order valence-electron chi connectivity index (χ2n) is 4.17. The van der Waals surface area contributed by atoms with Crippen LogP contribution in [-0.4, -0.2) is 16.8 Å². The molecule has 5 nitrogen and oxygen atoms in total. The lowest BCUT2D eigenvalue weighted by Gasteiger charge is -2.07. The fraction of sp³-hybridized carbons (Fsp3) is 0.0714. The lowest BCUT2D eigenvalue weighted by molar-refractivity contribution is -0.121. The smallest absolute Gasteiger partial charge is 0.271 e. The highest BCUT2D eigenvalue weighted by Gasteiger charge is 2.09. The number of benzene rings is 1. The third-order valence-corrected chi connectivity index (χ3v) is 3.20. The van der Waals surface area contributed by atoms with Gasteiger partial charge in [-0.3, -0.25) is 25.4 Å². The minimum Gasteiger partial charge on any atom is -0.273 e. The minimum atomic E-state index is -0.461. The first-order valence-electron chi connectivity index (χ1n) is 5.99. The van der Waals surface area contributed by atoms with E-state index in [2.05, 4.69) is 31.8 Å². The molecule has 0 fully saturated rings. The SMILES string of the molecule is O=C(Cc1ccc(F)c(Br)c1)NNC(=O)c1cccnc1. The summed E-state index contributed by atoms with van der Waals surface area (Å²) in [5.74, 6) is -1.27. The highest BCUT2D eigenvalue weighted by atomic mass is 79.9. The summed E-state index contributed by atoms with van der Waals surface area (Å²) in [6, 6.07) is 7.47.